The van der Waals surface area contributed by atoms with E-state index in [9.17, 15) is 0 Å². The van der Waals surface area contributed by atoms with Crippen molar-refractivity contribution in [3.63, 3.8) is 0 Å². The summed E-state index contributed by atoms with van der Waals surface area (Å²) in [6, 6.07) is 14.1. The minimum absolute atomic E-state index is 0.131. The number of pyridine rings is 1. The molecule has 0 bridgehead atoms. The van der Waals surface area contributed by atoms with E-state index < -0.39 is 0 Å². The number of methoxy groups -OCH3 is 1. The van der Waals surface area contributed by atoms with E-state index in [0.29, 0.717) is 6.54 Å². The highest BCUT2D eigenvalue weighted by Crippen LogP contribution is 2.35. The van der Waals surface area contributed by atoms with Crippen molar-refractivity contribution in [1.82, 2.24) is 4.98 Å². The number of hydrogen-bond acceptors (Lipinski definition) is 5. The van der Waals surface area contributed by atoms with Crippen molar-refractivity contribution in [2.75, 3.05) is 18.7 Å². The van der Waals surface area contributed by atoms with Crippen molar-refractivity contribution in [3.05, 3.63) is 54.2 Å². The van der Waals surface area contributed by atoms with Gasteiger partial charge in [0.25, 0.3) is 0 Å². The standard InChI is InChI=1S/C17H20N4O/c1-22-15-6-4-5-13(11-15)16-12-14(8-9-18)20-21(16)17-7-2-3-10-19-17/h2-7,10-11,16H,8-9,12,18H2,1H3. The third kappa shape index (κ3) is 2.94. The highest BCUT2D eigenvalue weighted by Gasteiger charge is 2.29. The van der Waals surface area contributed by atoms with Crippen LogP contribution < -0.4 is 15.5 Å². The van der Waals surface area contributed by atoms with Crippen LogP contribution in [0.1, 0.15) is 24.4 Å². The summed E-state index contributed by atoms with van der Waals surface area (Å²) < 4.78 is 5.34. The summed E-state index contributed by atoms with van der Waals surface area (Å²) in [5.41, 5.74) is 7.97. The maximum absolute atomic E-state index is 5.69. The van der Waals surface area contributed by atoms with Crippen LogP contribution in [-0.4, -0.2) is 24.4 Å². The monoisotopic (exact) mass is 296 g/mol. The van der Waals surface area contributed by atoms with E-state index in [1.807, 2.05) is 35.3 Å². The number of ether oxygens (including phenoxy) is 1. The van der Waals surface area contributed by atoms with E-state index in [1.165, 1.54) is 5.56 Å². The van der Waals surface area contributed by atoms with E-state index in [0.717, 1.165) is 30.1 Å². The topological polar surface area (TPSA) is 63.7 Å². The Hall–Kier alpha value is -2.40. The van der Waals surface area contributed by atoms with Crippen LogP contribution in [0, 0.1) is 0 Å². The predicted octanol–water partition coefficient (Wildman–Crippen LogP) is 2.75. The van der Waals surface area contributed by atoms with Gasteiger partial charge in [-0.3, -0.25) is 0 Å². The second kappa shape index (κ2) is 6.58. The molecule has 5 heteroatoms. The SMILES string of the molecule is COc1cccc(C2CC(CCN)=NN2c2ccccn2)c1. The van der Waals surface area contributed by atoms with Gasteiger partial charge in [-0.15, -0.1) is 0 Å². The van der Waals surface area contributed by atoms with Gasteiger partial charge in [0.1, 0.15) is 11.6 Å². The van der Waals surface area contributed by atoms with E-state index in [2.05, 4.69) is 17.1 Å². The number of anilines is 1. The van der Waals surface area contributed by atoms with Crippen LogP contribution in [0.2, 0.25) is 0 Å². The highest BCUT2D eigenvalue weighted by molar-refractivity contribution is 5.89. The molecule has 114 valence electrons. The zero-order valence-electron chi connectivity index (χ0n) is 12.6. The first-order valence-electron chi connectivity index (χ1n) is 7.42. The molecule has 22 heavy (non-hydrogen) atoms. The molecule has 0 saturated carbocycles. The van der Waals surface area contributed by atoms with Crippen LogP contribution in [0.4, 0.5) is 5.82 Å². The number of hydrogen-bond donors (Lipinski definition) is 1. The number of benzene rings is 1. The van der Waals surface area contributed by atoms with Crippen molar-refractivity contribution in [1.29, 1.82) is 0 Å². The third-order valence-electron chi connectivity index (χ3n) is 3.77. The first kappa shape index (κ1) is 14.5. The van der Waals surface area contributed by atoms with Crippen LogP contribution in [0.15, 0.2) is 53.8 Å². The average Bonchev–Trinajstić information content (AvgIpc) is 3.00. The minimum atomic E-state index is 0.131. The van der Waals surface area contributed by atoms with Crippen molar-refractivity contribution < 1.29 is 4.74 Å². The molecule has 1 aliphatic rings. The van der Waals surface area contributed by atoms with Crippen LogP contribution in [0.5, 0.6) is 5.75 Å². The summed E-state index contributed by atoms with van der Waals surface area (Å²) in [6.07, 6.45) is 3.46. The molecule has 0 spiro atoms. The molecular formula is C17H20N4O. The summed E-state index contributed by atoms with van der Waals surface area (Å²) >= 11 is 0. The normalized spacial score (nSPS) is 17.5. The highest BCUT2D eigenvalue weighted by atomic mass is 16.5. The first-order valence-corrected chi connectivity index (χ1v) is 7.42. The molecule has 2 heterocycles. The predicted molar refractivity (Wildman–Crippen MR) is 88.2 cm³/mol. The van der Waals surface area contributed by atoms with Gasteiger partial charge in [-0.2, -0.15) is 5.10 Å². The summed E-state index contributed by atoms with van der Waals surface area (Å²) in [4.78, 5) is 4.43. The molecule has 1 unspecified atom stereocenters. The molecular weight excluding hydrogens is 276 g/mol. The van der Waals surface area contributed by atoms with E-state index in [-0.39, 0.29) is 6.04 Å². The van der Waals surface area contributed by atoms with E-state index in [4.69, 9.17) is 15.6 Å². The van der Waals surface area contributed by atoms with Gasteiger partial charge < -0.3 is 10.5 Å². The quantitative estimate of drug-likeness (QED) is 0.921. The van der Waals surface area contributed by atoms with Crippen molar-refractivity contribution in [2.45, 2.75) is 18.9 Å². The number of rotatable bonds is 5. The molecule has 2 N–H and O–H groups in total. The Labute approximate surface area is 130 Å². The number of hydrazone groups is 1. The Morgan fingerprint density at radius 3 is 2.91 bits per heavy atom. The Kier molecular flexibility index (Phi) is 4.34. The fourth-order valence-corrected chi connectivity index (χ4v) is 2.70. The average molecular weight is 296 g/mol. The molecule has 2 aromatic rings. The maximum Gasteiger partial charge on any atom is 0.149 e. The lowest BCUT2D eigenvalue weighted by Gasteiger charge is -2.23. The lowest BCUT2D eigenvalue weighted by Crippen LogP contribution is -2.19. The second-order valence-corrected chi connectivity index (χ2v) is 5.23. The van der Waals surface area contributed by atoms with Gasteiger partial charge in [-0.05, 0) is 42.8 Å². The maximum atomic E-state index is 5.69. The number of aromatic nitrogens is 1. The Morgan fingerprint density at radius 1 is 1.27 bits per heavy atom. The van der Waals surface area contributed by atoms with Gasteiger partial charge in [-0.25, -0.2) is 9.99 Å². The zero-order valence-corrected chi connectivity index (χ0v) is 12.6. The lowest BCUT2D eigenvalue weighted by molar-refractivity contribution is 0.414. The Balaban J connectivity index is 1.94. The Morgan fingerprint density at radius 2 is 2.18 bits per heavy atom. The first-order chi connectivity index (χ1) is 10.8. The van der Waals surface area contributed by atoms with Gasteiger partial charge in [-0.1, -0.05) is 18.2 Å². The fourth-order valence-electron chi connectivity index (χ4n) is 2.70. The van der Waals surface area contributed by atoms with E-state index >= 15 is 0 Å². The zero-order chi connectivity index (χ0) is 15.4. The van der Waals surface area contributed by atoms with Crippen molar-refractivity contribution in [3.8, 4) is 5.75 Å². The molecule has 1 aromatic carbocycles. The minimum Gasteiger partial charge on any atom is -0.497 e. The molecule has 0 fully saturated rings. The van der Waals surface area contributed by atoms with Crippen molar-refractivity contribution in [2.24, 2.45) is 10.8 Å². The summed E-state index contributed by atoms with van der Waals surface area (Å²) in [5, 5.41) is 6.71. The molecule has 1 aromatic heterocycles. The molecule has 1 aliphatic heterocycles. The van der Waals surface area contributed by atoms with Gasteiger partial charge in [0.2, 0.25) is 0 Å². The largest absolute Gasteiger partial charge is 0.497 e. The second-order valence-electron chi connectivity index (χ2n) is 5.23. The molecule has 0 radical (unpaired) electrons. The summed E-state index contributed by atoms with van der Waals surface area (Å²) in [6.45, 7) is 0.611. The molecule has 3 rings (SSSR count). The smallest absolute Gasteiger partial charge is 0.149 e. The Bertz CT molecular complexity index is 657. The van der Waals surface area contributed by atoms with E-state index in [1.54, 1.807) is 13.3 Å². The number of nitrogens with zero attached hydrogens (tertiary/aromatic N) is 3. The van der Waals surface area contributed by atoms with Crippen LogP contribution in [0.25, 0.3) is 0 Å². The molecule has 0 amide bonds. The lowest BCUT2D eigenvalue weighted by atomic mass is 10.0. The fraction of sp³-hybridized carbons (Fsp3) is 0.294. The molecule has 0 aliphatic carbocycles. The van der Waals surface area contributed by atoms with Gasteiger partial charge in [0.15, 0.2) is 0 Å². The summed E-state index contributed by atoms with van der Waals surface area (Å²) in [7, 11) is 1.68. The molecule has 0 saturated heterocycles. The van der Waals surface area contributed by atoms with Crippen molar-refractivity contribution >= 4 is 11.5 Å². The molecule has 1 atom stereocenters. The van der Waals surface area contributed by atoms with Crippen LogP contribution in [0.3, 0.4) is 0 Å². The number of nitrogens with two attached hydrogens (primary N) is 1. The third-order valence-corrected chi connectivity index (χ3v) is 3.77. The molecule has 5 nitrogen and oxygen atoms in total. The van der Waals surface area contributed by atoms with Gasteiger partial charge in [0, 0.05) is 18.3 Å². The van der Waals surface area contributed by atoms with Gasteiger partial charge >= 0.3 is 0 Å². The summed E-state index contributed by atoms with van der Waals surface area (Å²) in [5.74, 6) is 1.70. The van der Waals surface area contributed by atoms with Crippen LogP contribution >= 0.6 is 0 Å². The van der Waals surface area contributed by atoms with Gasteiger partial charge in [0.05, 0.1) is 13.2 Å². The van der Waals surface area contributed by atoms with Crippen LogP contribution in [-0.2, 0) is 0 Å².